The van der Waals surface area contributed by atoms with Gasteiger partial charge in [-0.15, -0.1) is 0 Å². The van der Waals surface area contributed by atoms with Crippen molar-refractivity contribution in [3.8, 4) is 5.75 Å². The molecule has 316 valence electrons. The standard InChI is InChI=1S/C47H63N5O6Si/c1-46(2,3)59(4,5)58-40(37-17-19-39(53)44-38(37)18-20-43(55)51-44)30-48-28-35-15-16-36(29-49-35)50-42(54)14-10-12-32-11-9-13-34(27-32)47(23-7-6-8-24-47)45(56)57-41-31-52-25-21-33(41)22-26-52/h9,11,13,15-20,27,29,33,40-41,48,53H,6-8,10,12,14,21-26,28,30-31H2,1-5H3,(H,50,54)(H,51,55)/t40-,41?/m0/s1. The minimum absolute atomic E-state index is 0.00770. The van der Waals surface area contributed by atoms with Crippen LogP contribution in [-0.4, -0.2) is 72.5 Å². The van der Waals surface area contributed by atoms with Crippen molar-refractivity contribution in [3.63, 3.8) is 0 Å². The van der Waals surface area contributed by atoms with E-state index in [0.717, 1.165) is 98.8 Å². The van der Waals surface area contributed by atoms with Gasteiger partial charge >= 0.3 is 5.97 Å². The molecule has 3 saturated heterocycles. The van der Waals surface area contributed by atoms with Gasteiger partial charge in [0, 0.05) is 37.5 Å². The highest BCUT2D eigenvalue weighted by molar-refractivity contribution is 6.74. The number of aromatic amines is 1. The smallest absolute Gasteiger partial charge is 0.316 e. The molecule has 4 aromatic rings. The van der Waals surface area contributed by atoms with Crippen LogP contribution in [0.15, 0.2) is 71.7 Å². The minimum atomic E-state index is -2.22. The number of carbonyl (C=O) groups is 2. The van der Waals surface area contributed by atoms with Crippen LogP contribution in [0.2, 0.25) is 18.1 Å². The number of nitrogens with zero attached hydrogens (tertiary/aromatic N) is 2. The molecule has 59 heavy (non-hydrogen) atoms. The van der Waals surface area contributed by atoms with Crippen LogP contribution in [0.3, 0.4) is 0 Å². The summed E-state index contributed by atoms with van der Waals surface area (Å²) in [5.41, 5.74) is 4.08. The van der Waals surface area contributed by atoms with Crippen molar-refractivity contribution in [1.29, 1.82) is 0 Å². The Labute approximate surface area is 349 Å². The normalized spacial score (nSPS) is 20.9. The number of esters is 1. The number of phenols is 1. The van der Waals surface area contributed by atoms with Crippen LogP contribution < -0.4 is 16.2 Å². The molecule has 11 nitrogen and oxygen atoms in total. The van der Waals surface area contributed by atoms with Gasteiger partial charge in [0.2, 0.25) is 11.5 Å². The topological polar surface area (TPSA) is 146 Å². The van der Waals surface area contributed by atoms with Gasteiger partial charge in [-0.05, 0) is 117 Å². The van der Waals surface area contributed by atoms with E-state index in [2.05, 4.69) is 83.6 Å². The number of ether oxygens (including phenoxy) is 1. The second-order valence-corrected chi connectivity index (χ2v) is 23.4. The molecule has 1 amide bonds. The zero-order chi connectivity index (χ0) is 41.8. The molecular formula is C47H63N5O6Si. The number of carbonyl (C=O) groups excluding carboxylic acids is 2. The number of hydrogen-bond donors (Lipinski definition) is 4. The molecule has 4 N–H and O–H groups in total. The number of piperidine rings is 3. The first-order chi connectivity index (χ1) is 28.2. The fourth-order valence-corrected chi connectivity index (χ4v) is 10.3. The Hall–Kier alpha value is -4.36. The summed E-state index contributed by atoms with van der Waals surface area (Å²) in [4.78, 5) is 48.9. The van der Waals surface area contributed by atoms with Crippen molar-refractivity contribution in [2.45, 2.75) is 127 Å². The molecule has 12 heteroatoms. The SMILES string of the molecule is CC(C)(C)[Si](C)(C)O[C@@H](CNCc1ccc(NC(=O)CCCc2cccc(C3(C(=O)OC4CN5CCC4CC5)CCCCC3)c2)cn1)c1ccc(O)c2[nH]c(=O)ccc12. The summed E-state index contributed by atoms with van der Waals surface area (Å²) in [5, 5.41) is 17.7. The molecule has 0 spiro atoms. The van der Waals surface area contributed by atoms with Crippen LogP contribution in [0.5, 0.6) is 5.75 Å². The number of rotatable bonds is 15. The van der Waals surface area contributed by atoms with Gasteiger partial charge in [0.1, 0.15) is 11.9 Å². The number of phenolic OH excluding ortho intramolecular Hbond substituents is 1. The highest BCUT2D eigenvalue weighted by Gasteiger charge is 2.46. The average molecular weight is 822 g/mol. The van der Waals surface area contributed by atoms with E-state index < -0.39 is 13.7 Å². The van der Waals surface area contributed by atoms with Crippen molar-refractivity contribution >= 4 is 36.8 Å². The van der Waals surface area contributed by atoms with Gasteiger partial charge in [-0.2, -0.15) is 0 Å². The monoisotopic (exact) mass is 821 g/mol. The lowest BCUT2D eigenvalue weighted by Gasteiger charge is -2.45. The van der Waals surface area contributed by atoms with E-state index in [0.29, 0.717) is 43.1 Å². The summed E-state index contributed by atoms with van der Waals surface area (Å²) in [7, 11) is -2.22. The van der Waals surface area contributed by atoms with Crippen molar-refractivity contribution in [2.24, 2.45) is 5.92 Å². The molecular weight excluding hydrogens is 759 g/mol. The minimum Gasteiger partial charge on any atom is -0.506 e. The first-order valence-electron chi connectivity index (χ1n) is 21.7. The maximum absolute atomic E-state index is 14.0. The van der Waals surface area contributed by atoms with E-state index >= 15 is 0 Å². The van der Waals surface area contributed by atoms with Gasteiger partial charge in [-0.25, -0.2) is 0 Å². The maximum atomic E-state index is 14.0. The van der Waals surface area contributed by atoms with E-state index in [1.807, 2.05) is 18.2 Å². The zero-order valence-corrected chi connectivity index (χ0v) is 36.6. The zero-order valence-electron chi connectivity index (χ0n) is 35.6. The maximum Gasteiger partial charge on any atom is 0.316 e. The average Bonchev–Trinajstić information content (AvgIpc) is 3.22. The molecule has 4 aliphatic rings. The number of anilines is 1. The molecule has 2 bridgehead atoms. The molecule has 1 saturated carbocycles. The number of aryl methyl sites for hydroxylation is 1. The number of fused-ring (bicyclic) bond motifs is 4. The molecule has 8 rings (SSSR count). The molecule has 5 heterocycles. The molecule has 4 fully saturated rings. The highest BCUT2D eigenvalue weighted by atomic mass is 28.4. The third-order valence-electron chi connectivity index (χ3n) is 13.5. The van der Waals surface area contributed by atoms with Crippen molar-refractivity contribution in [1.82, 2.24) is 20.2 Å². The fourth-order valence-electron chi connectivity index (χ4n) is 8.98. The number of hydrogen-bond acceptors (Lipinski definition) is 9. The number of pyridine rings is 2. The number of aromatic hydroxyl groups is 1. The number of amides is 1. The van der Waals surface area contributed by atoms with Gasteiger partial charge in [-0.1, -0.05) is 70.4 Å². The van der Waals surface area contributed by atoms with E-state index in [9.17, 15) is 19.5 Å². The predicted octanol–water partition coefficient (Wildman–Crippen LogP) is 8.28. The summed E-state index contributed by atoms with van der Waals surface area (Å²) in [5.74, 6) is 0.404. The lowest BCUT2D eigenvalue weighted by molar-refractivity contribution is -0.167. The van der Waals surface area contributed by atoms with Crippen molar-refractivity contribution < 1.29 is 23.9 Å². The molecule has 2 atom stereocenters. The molecule has 2 aromatic heterocycles. The van der Waals surface area contributed by atoms with Crippen LogP contribution >= 0.6 is 0 Å². The van der Waals surface area contributed by atoms with Gasteiger partial charge < -0.3 is 29.9 Å². The fraction of sp³-hybridized carbons (Fsp3) is 0.532. The Kier molecular flexibility index (Phi) is 13.1. The molecule has 2 aromatic carbocycles. The van der Waals surface area contributed by atoms with Gasteiger partial charge in [0.25, 0.3) is 0 Å². The Morgan fingerprint density at radius 1 is 1.03 bits per heavy atom. The van der Waals surface area contributed by atoms with Crippen molar-refractivity contribution in [3.05, 3.63) is 99.6 Å². The van der Waals surface area contributed by atoms with Crippen molar-refractivity contribution in [2.75, 3.05) is 31.5 Å². The van der Waals surface area contributed by atoms with E-state index in [1.54, 1.807) is 18.3 Å². The summed E-state index contributed by atoms with van der Waals surface area (Å²) in [6.07, 6.45) is 10.3. The Morgan fingerprint density at radius 3 is 2.51 bits per heavy atom. The Morgan fingerprint density at radius 2 is 1.81 bits per heavy atom. The number of benzene rings is 2. The van der Waals surface area contributed by atoms with E-state index in [4.69, 9.17) is 9.16 Å². The molecule has 3 aliphatic heterocycles. The summed E-state index contributed by atoms with van der Waals surface area (Å²) >= 11 is 0. The number of H-pyrrole nitrogens is 1. The van der Waals surface area contributed by atoms with Crippen LogP contribution in [-0.2, 0) is 37.1 Å². The highest BCUT2D eigenvalue weighted by Crippen LogP contribution is 2.43. The van der Waals surface area contributed by atoms with Crippen LogP contribution in [0, 0.1) is 5.92 Å². The van der Waals surface area contributed by atoms with Crippen LogP contribution in [0.4, 0.5) is 5.69 Å². The summed E-state index contributed by atoms with van der Waals surface area (Å²) in [6.45, 7) is 15.1. The van der Waals surface area contributed by atoms with E-state index in [-0.39, 0.29) is 40.4 Å². The number of aromatic nitrogens is 2. The molecule has 0 radical (unpaired) electrons. The second-order valence-electron chi connectivity index (χ2n) is 18.6. The van der Waals surface area contributed by atoms with Gasteiger partial charge in [-0.3, -0.25) is 24.3 Å². The third-order valence-corrected chi connectivity index (χ3v) is 18.0. The largest absolute Gasteiger partial charge is 0.506 e. The Balaban J connectivity index is 0.919. The first kappa shape index (κ1) is 42.8. The summed E-state index contributed by atoms with van der Waals surface area (Å²) < 4.78 is 13.3. The lowest BCUT2D eigenvalue weighted by atomic mass is 9.69. The van der Waals surface area contributed by atoms with Gasteiger partial charge in [0.05, 0.1) is 34.6 Å². The first-order valence-corrected chi connectivity index (χ1v) is 24.6. The van der Waals surface area contributed by atoms with Crippen LogP contribution in [0.1, 0.15) is 107 Å². The summed E-state index contributed by atoms with van der Waals surface area (Å²) in [6, 6.07) is 18.9. The number of nitrogens with one attached hydrogen (secondary N) is 3. The third kappa shape index (κ3) is 9.99. The second kappa shape index (κ2) is 18.1. The van der Waals surface area contributed by atoms with E-state index in [1.165, 1.54) is 6.07 Å². The quantitative estimate of drug-likeness (QED) is 0.0688. The molecule has 1 aliphatic carbocycles. The Bertz CT molecular complexity index is 2150. The van der Waals surface area contributed by atoms with Gasteiger partial charge in [0.15, 0.2) is 8.32 Å². The molecule has 1 unspecified atom stereocenters. The predicted molar refractivity (Wildman–Crippen MR) is 235 cm³/mol. The van der Waals surface area contributed by atoms with Crippen LogP contribution in [0.25, 0.3) is 10.9 Å². The lowest BCUT2D eigenvalue weighted by Crippen LogP contribution is -2.53.